The summed E-state index contributed by atoms with van der Waals surface area (Å²) >= 11 is 0. The molecule has 1 rings (SSSR count). The first-order valence-electron chi connectivity index (χ1n) is 2.88. The summed E-state index contributed by atoms with van der Waals surface area (Å²) in [6.07, 6.45) is 1.63. The van der Waals surface area contributed by atoms with Crippen LogP contribution in [-0.4, -0.2) is 10.9 Å². The average molecular weight is 140 g/mol. The summed E-state index contributed by atoms with van der Waals surface area (Å²) in [7, 11) is 0. The van der Waals surface area contributed by atoms with Gasteiger partial charge in [0, 0.05) is 6.92 Å². The highest BCUT2D eigenvalue weighted by molar-refractivity contribution is 5.75. The normalized spacial score (nSPS) is 9.70. The van der Waals surface area contributed by atoms with Crippen molar-refractivity contribution in [2.45, 2.75) is 13.3 Å². The van der Waals surface area contributed by atoms with Crippen LogP contribution in [0.2, 0.25) is 0 Å². The van der Waals surface area contributed by atoms with E-state index in [4.69, 9.17) is 10.2 Å². The molecule has 1 heterocycles. The van der Waals surface area contributed by atoms with E-state index in [1.54, 1.807) is 6.92 Å². The van der Waals surface area contributed by atoms with Crippen LogP contribution < -0.4 is 5.73 Å². The first kappa shape index (κ1) is 6.80. The number of hydrogen-bond donors (Lipinski definition) is 1. The van der Waals surface area contributed by atoms with E-state index >= 15 is 0 Å². The lowest BCUT2D eigenvalue weighted by molar-refractivity contribution is -0.117. The standard InChI is InChI=1S/C6H8N2O2/c1-4-8-3-5(10-4)2-6(7)9/h3H,2H2,1H3,(H2,7,9). The third kappa shape index (κ3) is 1.58. The molecule has 0 aromatic carbocycles. The molecular weight excluding hydrogens is 132 g/mol. The van der Waals surface area contributed by atoms with E-state index in [0.29, 0.717) is 11.7 Å². The highest BCUT2D eigenvalue weighted by Crippen LogP contribution is 2.01. The average Bonchev–Trinajstić information content (AvgIpc) is 2.13. The van der Waals surface area contributed by atoms with Gasteiger partial charge in [-0.05, 0) is 0 Å². The fraction of sp³-hybridized carbons (Fsp3) is 0.333. The zero-order chi connectivity index (χ0) is 7.56. The van der Waals surface area contributed by atoms with Crippen molar-refractivity contribution in [1.82, 2.24) is 4.98 Å². The van der Waals surface area contributed by atoms with Gasteiger partial charge in [-0.15, -0.1) is 0 Å². The van der Waals surface area contributed by atoms with Crippen molar-refractivity contribution in [1.29, 1.82) is 0 Å². The summed E-state index contributed by atoms with van der Waals surface area (Å²) in [6, 6.07) is 0. The molecule has 0 aliphatic rings. The Kier molecular flexibility index (Phi) is 1.71. The van der Waals surface area contributed by atoms with E-state index in [0.717, 1.165) is 0 Å². The van der Waals surface area contributed by atoms with E-state index in [1.807, 2.05) is 0 Å². The lowest BCUT2D eigenvalue weighted by atomic mass is 10.3. The predicted octanol–water partition coefficient (Wildman–Crippen LogP) is 0.0108. The number of amides is 1. The van der Waals surface area contributed by atoms with E-state index in [9.17, 15) is 4.79 Å². The van der Waals surface area contributed by atoms with E-state index in [-0.39, 0.29) is 6.42 Å². The minimum Gasteiger partial charge on any atom is -0.446 e. The second-order valence-electron chi connectivity index (χ2n) is 1.99. The lowest BCUT2D eigenvalue weighted by Gasteiger charge is -1.86. The molecule has 1 amide bonds. The first-order chi connectivity index (χ1) is 4.68. The molecule has 2 N–H and O–H groups in total. The topological polar surface area (TPSA) is 69.1 Å². The molecule has 0 spiro atoms. The second kappa shape index (κ2) is 2.51. The van der Waals surface area contributed by atoms with Gasteiger partial charge in [0.15, 0.2) is 5.89 Å². The molecule has 0 radical (unpaired) electrons. The van der Waals surface area contributed by atoms with Gasteiger partial charge in [0.2, 0.25) is 5.91 Å². The number of nitrogens with zero attached hydrogens (tertiary/aromatic N) is 1. The van der Waals surface area contributed by atoms with Crippen LogP contribution in [0, 0.1) is 6.92 Å². The van der Waals surface area contributed by atoms with Gasteiger partial charge < -0.3 is 10.2 Å². The maximum absolute atomic E-state index is 10.3. The number of rotatable bonds is 2. The SMILES string of the molecule is Cc1ncc(CC(N)=O)o1. The van der Waals surface area contributed by atoms with Crippen molar-refractivity contribution >= 4 is 5.91 Å². The van der Waals surface area contributed by atoms with Gasteiger partial charge in [-0.1, -0.05) is 0 Å². The molecule has 1 aromatic heterocycles. The Morgan fingerprint density at radius 3 is 3.00 bits per heavy atom. The Morgan fingerprint density at radius 2 is 2.60 bits per heavy atom. The zero-order valence-corrected chi connectivity index (χ0v) is 5.63. The maximum Gasteiger partial charge on any atom is 0.225 e. The van der Waals surface area contributed by atoms with Crippen LogP contribution in [0.4, 0.5) is 0 Å². The molecule has 0 atom stereocenters. The maximum atomic E-state index is 10.3. The fourth-order valence-electron chi connectivity index (χ4n) is 0.659. The van der Waals surface area contributed by atoms with Crippen molar-refractivity contribution in [3.05, 3.63) is 17.8 Å². The van der Waals surface area contributed by atoms with Crippen LogP contribution in [0.3, 0.4) is 0 Å². The van der Waals surface area contributed by atoms with E-state index < -0.39 is 5.91 Å². The van der Waals surface area contributed by atoms with Crippen LogP contribution in [0.5, 0.6) is 0 Å². The molecule has 0 saturated heterocycles. The molecule has 0 unspecified atom stereocenters. The molecule has 0 aliphatic heterocycles. The van der Waals surface area contributed by atoms with Crippen LogP contribution >= 0.6 is 0 Å². The molecule has 0 bridgehead atoms. The quantitative estimate of drug-likeness (QED) is 0.629. The number of nitrogens with two attached hydrogens (primary N) is 1. The fourth-order valence-corrected chi connectivity index (χ4v) is 0.659. The molecule has 0 saturated carbocycles. The summed E-state index contributed by atoms with van der Waals surface area (Å²) in [4.78, 5) is 14.1. The molecule has 0 fully saturated rings. The Balaban J connectivity index is 2.67. The van der Waals surface area contributed by atoms with Gasteiger partial charge in [-0.25, -0.2) is 4.98 Å². The summed E-state index contributed by atoms with van der Waals surface area (Å²) < 4.78 is 4.98. The molecular formula is C6H8N2O2. The van der Waals surface area contributed by atoms with Gasteiger partial charge in [-0.3, -0.25) is 4.79 Å². The van der Waals surface area contributed by atoms with Crippen molar-refractivity contribution in [2.75, 3.05) is 0 Å². The minimum atomic E-state index is -0.406. The smallest absolute Gasteiger partial charge is 0.225 e. The highest BCUT2D eigenvalue weighted by Gasteiger charge is 2.02. The number of hydrogen-bond acceptors (Lipinski definition) is 3. The Morgan fingerprint density at radius 1 is 1.90 bits per heavy atom. The third-order valence-electron chi connectivity index (χ3n) is 1.02. The number of aromatic nitrogens is 1. The molecule has 4 nitrogen and oxygen atoms in total. The molecule has 0 aliphatic carbocycles. The number of oxazole rings is 1. The number of aryl methyl sites for hydroxylation is 1. The number of carbonyl (C=O) groups is 1. The second-order valence-corrected chi connectivity index (χ2v) is 1.99. The Hall–Kier alpha value is -1.32. The molecule has 1 aromatic rings. The lowest BCUT2D eigenvalue weighted by Crippen LogP contribution is -2.12. The van der Waals surface area contributed by atoms with Crippen molar-refractivity contribution in [3.8, 4) is 0 Å². The summed E-state index contributed by atoms with van der Waals surface area (Å²) in [5, 5.41) is 0. The molecule has 4 heteroatoms. The molecule has 10 heavy (non-hydrogen) atoms. The van der Waals surface area contributed by atoms with Gasteiger partial charge in [0.25, 0.3) is 0 Å². The number of primary amides is 1. The van der Waals surface area contributed by atoms with Crippen molar-refractivity contribution in [2.24, 2.45) is 5.73 Å². The minimum absolute atomic E-state index is 0.126. The third-order valence-corrected chi connectivity index (χ3v) is 1.02. The van der Waals surface area contributed by atoms with Crippen LogP contribution in [0.25, 0.3) is 0 Å². The Labute approximate surface area is 58.0 Å². The van der Waals surface area contributed by atoms with E-state index in [1.165, 1.54) is 6.20 Å². The largest absolute Gasteiger partial charge is 0.446 e. The van der Waals surface area contributed by atoms with Gasteiger partial charge in [-0.2, -0.15) is 0 Å². The first-order valence-corrected chi connectivity index (χ1v) is 2.88. The summed E-state index contributed by atoms with van der Waals surface area (Å²) in [5.74, 6) is 0.664. The van der Waals surface area contributed by atoms with Crippen LogP contribution in [0.1, 0.15) is 11.7 Å². The van der Waals surface area contributed by atoms with Crippen molar-refractivity contribution in [3.63, 3.8) is 0 Å². The summed E-state index contributed by atoms with van der Waals surface area (Å²) in [5.41, 5.74) is 4.91. The van der Waals surface area contributed by atoms with Gasteiger partial charge in [0.05, 0.1) is 12.6 Å². The van der Waals surface area contributed by atoms with E-state index in [2.05, 4.69) is 4.98 Å². The molecule has 54 valence electrons. The van der Waals surface area contributed by atoms with Crippen molar-refractivity contribution < 1.29 is 9.21 Å². The monoisotopic (exact) mass is 140 g/mol. The van der Waals surface area contributed by atoms with Gasteiger partial charge >= 0.3 is 0 Å². The van der Waals surface area contributed by atoms with Crippen LogP contribution in [0.15, 0.2) is 10.6 Å². The predicted molar refractivity (Wildman–Crippen MR) is 34.1 cm³/mol. The number of carbonyl (C=O) groups excluding carboxylic acids is 1. The zero-order valence-electron chi connectivity index (χ0n) is 5.63. The highest BCUT2D eigenvalue weighted by atomic mass is 16.4. The van der Waals surface area contributed by atoms with Gasteiger partial charge in [0.1, 0.15) is 5.76 Å². The Bertz CT molecular complexity index is 242. The van der Waals surface area contributed by atoms with Crippen LogP contribution in [-0.2, 0) is 11.2 Å². The summed E-state index contributed by atoms with van der Waals surface area (Å²) in [6.45, 7) is 1.71.